The van der Waals surface area contributed by atoms with Crippen molar-refractivity contribution >= 4 is 22.3 Å². The molecule has 3 nitrogen and oxygen atoms in total. The van der Waals surface area contributed by atoms with Gasteiger partial charge in [0.1, 0.15) is 5.84 Å². The molecule has 0 aliphatic rings. The van der Waals surface area contributed by atoms with Gasteiger partial charge in [0.15, 0.2) is 0 Å². The highest BCUT2D eigenvalue weighted by molar-refractivity contribution is 7.13. The number of nitrogens with zero attached hydrogens (tertiary/aromatic N) is 3. The van der Waals surface area contributed by atoms with Crippen molar-refractivity contribution in [1.29, 1.82) is 0 Å². The summed E-state index contributed by atoms with van der Waals surface area (Å²) < 4.78 is 0. The van der Waals surface area contributed by atoms with Crippen LogP contribution in [0.25, 0.3) is 0 Å². The number of thiazole rings is 1. The summed E-state index contributed by atoms with van der Waals surface area (Å²) in [7, 11) is 3.99. The first-order valence-corrected chi connectivity index (χ1v) is 4.76. The number of hydrogen-bond donors (Lipinski definition) is 0. The van der Waals surface area contributed by atoms with Crippen molar-refractivity contribution in [2.75, 3.05) is 14.1 Å². The van der Waals surface area contributed by atoms with Gasteiger partial charge in [-0.05, 0) is 0 Å². The number of aromatic nitrogens is 1. The van der Waals surface area contributed by atoms with Crippen LogP contribution in [0, 0.1) is 0 Å². The van der Waals surface area contributed by atoms with E-state index in [4.69, 9.17) is 0 Å². The van der Waals surface area contributed by atoms with Gasteiger partial charge >= 0.3 is 0 Å². The number of amidine groups is 1. The summed E-state index contributed by atoms with van der Waals surface area (Å²) >= 11 is 1.56. The fourth-order valence-corrected chi connectivity index (χ4v) is 1.40. The molecule has 1 aromatic heterocycles. The molecular weight excluding hydrogens is 170 g/mol. The highest BCUT2D eigenvalue weighted by Crippen LogP contribution is 2.15. The zero-order valence-corrected chi connectivity index (χ0v) is 8.43. The molecule has 66 valence electrons. The molecule has 0 spiro atoms. The van der Waals surface area contributed by atoms with Crippen molar-refractivity contribution in [3.63, 3.8) is 0 Å². The molecule has 0 aliphatic carbocycles. The highest BCUT2D eigenvalue weighted by Gasteiger charge is 1.99. The molecule has 0 radical (unpaired) electrons. The third kappa shape index (κ3) is 2.30. The van der Waals surface area contributed by atoms with Crippen LogP contribution in [-0.2, 0) is 0 Å². The van der Waals surface area contributed by atoms with Gasteiger partial charge in [-0.15, -0.1) is 11.3 Å². The summed E-state index contributed by atoms with van der Waals surface area (Å²) in [6.45, 7) is 2.09. The summed E-state index contributed by atoms with van der Waals surface area (Å²) in [6, 6.07) is 0. The van der Waals surface area contributed by atoms with Crippen molar-refractivity contribution in [2.45, 2.75) is 13.3 Å². The quantitative estimate of drug-likeness (QED) is 0.519. The molecule has 0 saturated heterocycles. The predicted octanol–water partition coefficient (Wildman–Crippen LogP) is 2.14. The van der Waals surface area contributed by atoms with Gasteiger partial charge in [0, 0.05) is 32.1 Å². The first-order chi connectivity index (χ1) is 5.74. The maximum Gasteiger partial charge on any atom is 0.210 e. The molecular formula is C8H13N3S. The SMILES string of the molecule is CC/C(=N/c1nccs1)N(C)C. The van der Waals surface area contributed by atoms with Crippen LogP contribution in [0.5, 0.6) is 0 Å². The van der Waals surface area contributed by atoms with E-state index in [0.717, 1.165) is 17.4 Å². The van der Waals surface area contributed by atoms with Crippen molar-refractivity contribution in [2.24, 2.45) is 4.99 Å². The second-order valence-corrected chi connectivity index (χ2v) is 3.46. The molecule has 0 unspecified atom stereocenters. The Morgan fingerprint density at radius 1 is 1.67 bits per heavy atom. The second kappa shape index (κ2) is 4.21. The molecule has 0 N–H and O–H groups in total. The monoisotopic (exact) mass is 183 g/mol. The van der Waals surface area contributed by atoms with E-state index in [0.29, 0.717) is 0 Å². The third-order valence-corrected chi connectivity index (χ3v) is 2.14. The zero-order valence-electron chi connectivity index (χ0n) is 7.61. The van der Waals surface area contributed by atoms with E-state index in [1.54, 1.807) is 17.5 Å². The summed E-state index contributed by atoms with van der Waals surface area (Å²) in [5, 5.41) is 2.77. The summed E-state index contributed by atoms with van der Waals surface area (Å²) in [4.78, 5) is 10.5. The van der Waals surface area contributed by atoms with E-state index in [2.05, 4.69) is 16.9 Å². The summed E-state index contributed by atoms with van der Waals surface area (Å²) in [5.41, 5.74) is 0. The molecule has 0 amide bonds. The topological polar surface area (TPSA) is 28.5 Å². The van der Waals surface area contributed by atoms with Gasteiger partial charge in [-0.25, -0.2) is 9.98 Å². The first kappa shape index (κ1) is 9.19. The Balaban J connectivity index is 2.78. The molecule has 0 bridgehead atoms. The van der Waals surface area contributed by atoms with Crippen LogP contribution in [0.1, 0.15) is 13.3 Å². The standard InChI is InChI=1S/C8H13N3S/c1-4-7(11(2)3)10-8-9-5-6-12-8/h5-6H,4H2,1-3H3/b10-7-. The van der Waals surface area contributed by atoms with E-state index < -0.39 is 0 Å². The molecule has 12 heavy (non-hydrogen) atoms. The minimum absolute atomic E-state index is 0.834. The molecule has 0 atom stereocenters. The van der Waals surface area contributed by atoms with Crippen LogP contribution in [-0.4, -0.2) is 29.8 Å². The largest absolute Gasteiger partial charge is 0.366 e. The lowest BCUT2D eigenvalue weighted by Crippen LogP contribution is -2.20. The molecule has 0 aromatic carbocycles. The maximum atomic E-state index is 4.39. The van der Waals surface area contributed by atoms with Crippen LogP contribution < -0.4 is 0 Å². The Morgan fingerprint density at radius 2 is 2.42 bits per heavy atom. The Bertz CT molecular complexity index is 251. The Morgan fingerprint density at radius 3 is 2.83 bits per heavy atom. The fourth-order valence-electron chi connectivity index (χ4n) is 0.877. The number of hydrogen-bond acceptors (Lipinski definition) is 3. The van der Waals surface area contributed by atoms with Crippen LogP contribution in [0.15, 0.2) is 16.6 Å². The van der Waals surface area contributed by atoms with Gasteiger partial charge in [-0.3, -0.25) is 0 Å². The van der Waals surface area contributed by atoms with E-state index >= 15 is 0 Å². The van der Waals surface area contributed by atoms with Crippen LogP contribution in [0.4, 0.5) is 5.13 Å². The van der Waals surface area contributed by atoms with Gasteiger partial charge in [0.05, 0.1) is 0 Å². The van der Waals surface area contributed by atoms with Crippen molar-refractivity contribution in [1.82, 2.24) is 9.88 Å². The van der Waals surface area contributed by atoms with Crippen molar-refractivity contribution in [3.8, 4) is 0 Å². The number of rotatable bonds is 2. The Hall–Kier alpha value is -0.900. The van der Waals surface area contributed by atoms with Crippen LogP contribution >= 0.6 is 11.3 Å². The maximum absolute atomic E-state index is 4.39. The molecule has 1 rings (SSSR count). The Labute approximate surface area is 76.8 Å². The molecule has 0 saturated carbocycles. The lowest BCUT2D eigenvalue weighted by atomic mass is 10.4. The van der Waals surface area contributed by atoms with Gasteiger partial charge < -0.3 is 4.90 Å². The van der Waals surface area contributed by atoms with Crippen molar-refractivity contribution in [3.05, 3.63) is 11.6 Å². The van der Waals surface area contributed by atoms with E-state index in [9.17, 15) is 0 Å². The lowest BCUT2D eigenvalue weighted by molar-refractivity contribution is 0.608. The van der Waals surface area contributed by atoms with Crippen LogP contribution in [0.3, 0.4) is 0 Å². The molecule has 0 fully saturated rings. The van der Waals surface area contributed by atoms with Gasteiger partial charge in [-0.2, -0.15) is 0 Å². The fraction of sp³-hybridized carbons (Fsp3) is 0.500. The Kier molecular flexibility index (Phi) is 3.22. The summed E-state index contributed by atoms with van der Waals surface area (Å²) in [6.07, 6.45) is 2.71. The average Bonchev–Trinajstić information content (AvgIpc) is 2.51. The van der Waals surface area contributed by atoms with Gasteiger partial charge in [0.25, 0.3) is 0 Å². The average molecular weight is 183 g/mol. The normalized spacial score (nSPS) is 11.8. The van der Waals surface area contributed by atoms with Crippen molar-refractivity contribution < 1.29 is 0 Å². The highest BCUT2D eigenvalue weighted by atomic mass is 32.1. The molecule has 4 heteroatoms. The molecule has 1 aromatic rings. The molecule has 0 aliphatic heterocycles. The number of aliphatic imine (C=N–C) groups is 1. The zero-order chi connectivity index (χ0) is 8.97. The summed E-state index contributed by atoms with van der Waals surface area (Å²) in [5.74, 6) is 1.06. The van der Waals surface area contributed by atoms with E-state index in [1.807, 2.05) is 24.4 Å². The van der Waals surface area contributed by atoms with Gasteiger partial charge in [-0.1, -0.05) is 6.92 Å². The van der Waals surface area contributed by atoms with Gasteiger partial charge in [0.2, 0.25) is 5.13 Å². The second-order valence-electron chi connectivity index (χ2n) is 2.59. The van der Waals surface area contributed by atoms with E-state index in [-0.39, 0.29) is 0 Å². The first-order valence-electron chi connectivity index (χ1n) is 3.88. The third-order valence-electron chi connectivity index (χ3n) is 1.48. The lowest BCUT2D eigenvalue weighted by Gasteiger charge is -2.12. The molecule has 1 heterocycles. The predicted molar refractivity (Wildman–Crippen MR) is 53.2 cm³/mol. The minimum atomic E-state index is 0.834. The van der Waals surface area contributed by atoms with Crippen LogP contribution in [0.2, 0.25) is 0 Å². The smallest absolute Gasteiger partial charge is 0.210 e. The minimum Gasteiger partial charge on any atom is -0.366 e. The van der Waals surface area contributed by atoms with E-state index in [1.165, 1.54) is 0 Å².